The number of rotatable bonds is 6. The van der Waals surface area contributed by atoms with Crippen LogP contribution in [0.15, 0.2) is 109 Å². The van der Waals surface area contributed by atoms with Gasteiger partial charge in [0.05, 0.1) is 38.6 Å². The highest BCUT2D eigenvalue weighted by Gasteiger charge is 2.50. The van der Waals surface area contributed by atoms with Crippen molar-refractivity contribution >= 4 is 49.8 Å². The zero-order valence-corrected chi connectivity index (χ0v) is 27.6. The molecule has 1 atom stereocenters. The quantitative estimate of drug-likeness (QED) is 0.199. The monoisotopic (exact) mass is 634 g/mol. The second-order valence-corrected chi connectivity index (χ2v) is 14.0. The number of para-hydroxylation sites is 2. The van der Waals surface area contributed by atoms with Crippen molar-refractivity contribution in [3.63, 3.8) is 0 Å². The van der Waals surface area contributed by atoms with E-state index in [2.05, 4.69) is 73.1 Å². The molecule has 2 amide bonds. The van der Waals surface area contributed by atoms with Gasteiger partial charge in [0.25, 0.3) is 5.91 Å². The molecule has 0 fully saturated rings. The van der Waals surface area contributed by atoms with Crippen LogP contribution in [0.4, 0.5) is 10.8 Å². The molecule has 0 saturated heterocycles. The number of fused-ring (bicyclic) bond motifs is 1. The zero-order chi connectivity index (χ0) is 32.4. The third kappa shape index (κ3) is 4.64. The molecule has 47 heavy (non-hydrogen) atoms. The summed E-state index contributed by atoms with van der Waals surface area (Å²) in [6, 6.07) is 34.4. The lowest BCUT2D eigenvalue weighted by molar-refractivity contribution is -0.119. The summed E-state index contributed by atoms with van der Waals surface area (Å²) in [5.74, 6) is -0.970. The van der Waals surface area contributed by atoms with Gasteiger partial charge in [0.15, 0.2) is 5.13 Å². The van der Waals surface area contributed by atoms with Crippen molar-refractivity contribution in [3.8, 4) is 11.3 Å². The first-order chi connectivity index (χ1) is 22.7. The number of anilines is 2. The first-order valence-corrected chi connectivity index (χ1v) is 16.7. The summed E-state index contributed by atoms with van der Waals surface area (Å²) in [6.45, 7) is 8.82. The van der Waals surface area contributed by atoms with E-state index < -0.39 is 11.5 Å². The standard InChI is InChI=1S/C40H34N4O2S/c1-24-22-40(3,4)44-36-28(24)18-13-19-29(36)33(38(44)46)34-32(37(45)42-39-41-30-20-11-12-21-31(30)47-39)25(2)43(23-26-14-7-5-8-15-26)35(34)27-16-9-6-10-17-27/h5-22,33H,23H2,1-4H3,(H,41,42,45). The van der Waals surface area contributed by atoms with Crippen LogP contribution in [0.2, 0.25) is 0 Å². The lowest BCUT2D eigenvalue weighted by Crippen LogP contribution is -2.47. The zero-order valence-electron chi connectivity index (χ0n) is 26.7. The molecule has 0 radical (unpaired) electrons. The third-order valence-corrected chi connectivity index (χ3v) is 10.4. The summed E-state index contributed by atoms with van der Waals surface area (Å²) in [7, 11) is 0. The molecular formula is C40H34N4O2S. The SMILES string of the molecule is CC1=CC(C)(C)N2C(=O)C(c3c(C(=O)Nc4nc5ccccc5s4)c(C)n(Cc4ccccc4)c3-c3ccccc3)c3cccc1c32. The Morgan fingerprint density at radius 2 is 1.60 bits per heavy atom. The molecule has 2 aliphatic rings. The second-order valence-electron chi connectivity index (χ2n) is 12.9. The van der Waals surface area contributed by atoms with Gasteiger partial charge in [-0.3, -0.25) is 14.9 Å². The fourth-order valence-electron chi connectivity index (χ4n) is 7.54. The molecule has 0 aliphatic carbocycles. The fourth-order valence-corrected chi connectivity index (χ4v) is 8.40. The number of hydrogen-bond donors (Lipinski definition) is 1. The average Bonchev–Trinajstić information content (AvgIpc) is 3.69. The molecule has 2 aromatic heterocycles. The van der Waals surface area contributed by atoms with Crippen molar-refractivity contribution in [1.82, 2.24) is 9.55 Å². The number of amides is 2. The number of benzene rings is 4. The van der Waals surface area contributed by atoms with Gasteiger partial charge in [-0.05, 0) is 62.1 Å². The summed E-state index contributed by atoms with van der Waals surface area (Å²) >= 11 is 1.45. The van der Waals surface area contributed by atoms with Crippen molar-refractivity contribution < 1.29 is 9.59 Å². The predicted octanol–water partition coefficient (Wildman–Crippen LogP) is 9.05. The molecule has 6 aromatic rings. The summed E-state index contributed by atoms with van der Waals surface area (Å²) < 4.78 is 3.21. The normalized spacial score (nSPS) is 16.3. The van der Waals surface area contributed by atoms with Gasteiger partial charge in [0, 0.05) is 23.4 Å². The maximum atomic E-state index is 15.0. The van der Waals surface area contributed by atoms with Gasteiger partial charge in [0.1, 0.15) is 0 Å². The van der Waals surface area contributed by atoms with Crippen LogP contribution in [0, 0.1) is 6.92 Å². The number of nitrogens with zero attached hydrogens (tertiary/aromatic N) is 3. The molecule has 1 unspecified atom stereocenters. The molecule has 0 spiro atoms. The van der Waals surface area contributed by atoms with Crippen LogP contribution in [0.25, 0.3) is 27.0 Å². The molecule has 8 rings (SSSR count). The van der Waals surface area contributed by atoms with Crippen LogP contribution in [-0.4, -0.2) is 26.9 Å². The van der Waals surface area contributed by atoms with Gasteiger partial charge in [-0.2, -0.15) is 0 Å². The Balaban J connectivity index is 1.39. The van der Waals surface area contributed by atoms with Gasteiger partial charge < -0.3 is 9.47 Å². The van der Waals surface area contributed by atoms with Crippen molar-refractivity contribution in [2.24, 2.45) is 0 Å². The molecule has 4 aromatic carbocycles. The average molecular weight is 635 g/mol. The van der Waals surface area contributed by atoms with Gasteiger partial charge >= 0.3 is 0 Å². The lowest BCUT2D eigenvalue weighted by Gasteiger charge is -2.39. The first kappa shape index (κ1) is 29.2. The molecule has 0 saturated carbocycles. The molecular weight excluding hydrogens is 601 g/mol. The Hall–Kier alpha value is -5.27. The van der Waals surface area contributed by atoms with E-state index in [-0.39, 0.29) is 11.8 Å². The van der Waals surface area contributed by atoms with Gasteiger partial charge in [0.2, 0.25) is 5.91 Å². The van der Waals surface area contributed by atoms with E-state index >= 15 is 0 Å². The molecule has 4 heterocycles. The minimum absolute atomic E-state index is 0.0238. The van der Waals surface area contributed by atoms with Crippen LogP contribution in [0.3, 0.4) is 0 Å². The smallest absolute Gasteiger partial charge is 0.259 e. The highest BCUT2D eigenvalue weighted by molar-refractivity contribution is 7.22. The number of hydrogen-bond acceptors (Lipinski definition) is 4. The molecule has 7 heteroatoms. The van der Waals surface area contributed by atoms with Crippen molar-refractivity contribution in [2.45, 2.75) is 45.7 Å². The van der Waals surface area contributed by atoms with E-state index in [4.69, 9.17) is 4.98 Å². The largest absolute Gasteiger partial charge is 0.339 e. The van der Waals surface area contributed by atoms with E-state index in [1.165, 1.54) is 11.3 Å². The molecule has 232 valence electrons. The number of thiazole rings is 1. The summed E-state index contributed by atoms with van der Waals surface area (Å²) in [6.07, 6.45) is 2.17. The topological polar surface area (TPSA) is 67.2 Å². The third-order valence-electron chi connectivity index (χ3n) is 9.46. The van der Waals surface area contributed by atoms with E-state index in [0.29, 0.717) is 17.2 Å². The summed E-state index contributed by atoms with van der Waals surface area (Å²) in [4.78, 5) is 36.3. The van der Waals surface area contributed by atoms with Crippen LogP contribution in [-0.2, 0) is 11.3 Å². The van der Waals surface area contributed by atoms with E-state index in [9.17, 15) is 9.59 Å². The molecule has 1 N–H and O–H groups in total. The Morgan fingerprint density at radius 3 is 2.34 bits per heavy atom. The summed E-state index contributed by atoms with van der Waals surface area (Å²) in [5, 5.41) is 3.67. The number of nitrogens with one attached hydrogen (secondary N) is 1. The van der Waals surface area contributed by atoms with E-state index in [1.807, 2.05) is 78.6 Å². The Morgan fingerprint density at radius 1 is 0.894 bits per heavy atom. The lowest BCUT2D eigenvalue weighted by atomic mass is 9.85. The van der Waals surface area contributed by atoms with E-state index in [0.717, 1.165) is 60.7 Å². The highest BCUT2D eigenvalue weighted by atomic mass is 32.1. The van der Waals surface area contributed by atoms with Gasteiger partial charge in [-0.25, -0.2) is 4.98 Å². The maximum Gasteiger partial charge on any atom is 0.259 e. The number of carbonyl (C=O) groups is 2. The fraction of sp³-hybridized carbons (Fsp3) is 0.175. The minimum atomic E-state index is -0.675. The van der Waals surface area contributed by atoms with Crippen molar-refractivity contribution in [3.05, 3.63) is 143 Å². The van der Waals surface area contributed by atoms with E-state index in [1.54, 1.807) is 0 Å². The van der Waals surface area contributed by atoms with Crippen molar-refractivity contribution in [2.75, 3.05) is 10.2 Å². The number of allylic oxidation sites excluding steroid dienone is 1. The van der Waals surface area contributed by atoms with Gasteiger partial charge in [-0.1, -0.05) is 108 Å². The van der Waals surface area contributed by atoms with Crippen LogP contribution >= 0.6 is 11.3 Å². The molecule has 2 aliphatic heterocycles. The molecule has 6 nitrogen and oxygen atoms in total. The van der Waals surface area contributed by atoms with Crippen LogP contribution in [0.1, 0.15) is 65.0 Å². The number of aromatic nitrogens is 2. The first-order valence-electron chi connectivity index (χ1n) is 15.9. The number of carbonyl (C=O) groups excluding carboxylic acids is 2. The highest BCUT2D eigenvalue weighted by Crippen LogP contribution is 2.53. The predicted molar refractivity (Wildman–Crippen MR) is 191 cm³/mol. The van der Waals surface area contributed by atoms with Crippen LogP contribution in [0.5, 0.6) is 0 Å². The maximum absolute atomic E-state index is 15.0. The molecule has 0 bridgehead atoms. The second kappa shape index (κ2) is 10.9. The Bertz CT molecular complexity index is 2210. The summed E-state index contributed by atoms with van der Waals surface area (Å²) in [5.41, 5.74) is 9.34. The van der Waals surface area contributed by atoms with Crippen molar-refractivity contribution in [1.29, 1.82) is 0 Å². The van der Waals surface area contributed by atoms with Crippen LogP contribution < -0.4 is 10.2 Å². The Labute approximate surface area is 278 Å². The van der Waals surface area contributed by atoms with Gasteiger partial charge in [-0.15, -0.1) is 0 Å². The minimum Gasteiger partial charge on any atom is -0.339 e. The Kier molecular flexibility index (Phi) is 6.77.